The number of amides is 1. The summed E-state index contributed by atoms with van der Waals surface area (Å²) < 4.78 is 0. The van der Waals surface area contributed by atoms with Crippen LogP contribution in [0.25, 0.3) is 0 Å². The fraction of sp³-hybridized carbons (Fsp3) is 0.818. The molecular weight excluding hydrogens is 194 g/mol. The van der Waals surface area contributed by atoms with Crippen LogP contribution in [0.5, 0.6) is 0 Å². The van der Waals surface area contributed by atoms with Crippen LogP contribution in [0.4, 0.5) is 0 Å². The first-order valence-electron chi connectivity index (χ1n) is 5.60. The third-order valence-electron chi connectivity index (χ3n) is 2.01. The average molecular weight is 215 g/mol. The molecule has 4 nitrogen and oxygen atoms in total. The van der Waals surface area contributed by atoms with Gasteiger partial charge in [0.15, 0.2) is 0 Å². The van der Waals surface area contributed by atoms with Crippen molar-refractivity contribution in [3.05, 3.63) is 0 Å². The highest BCUT2D eigenvalue weighted by molar-refractivity contribution is 5.76. The Hall–Kier alpha value is -1.06. The van der Waals surface area contributed by atoms with Crippen molar-refractivity contribution < 1.29 is 14.4 Å². The van der Waals surface area contributed by atoms with Gasteiger partial charge in [-0.05, 0) is 12.8 Å². The number of nitrogens with zero attached hydrogens (tertiary/aromatic N) is 1. The second-order valence-electron chi connectivity index (χ2n) is 3.54. The number of hydroxylamine groups is 2. The van der Waals surface area contributed by atoms with Crippen LogP contribution in [0.15, 0.2) is 0 Å². The number of carbonyl (C=O) groups is 2. The summed E-state index contributed by atoms with van der Waals surface area (Å²) in [4.78, 5) is 27.3. The molecule has 0 aliphatic carbocycles. The minimum absolute atomic E-state index is 0.215. The quantitative estimate of drug-likeness (QED) is 0.639. The van der Waals surface area contributed by atoms with Crippen LogP contribution in [0.3, 0.4) is 0 Å². The van der Waals surface area contributed by atoms with Crippen LogP contribution >= 0.6 is 0 Å². The first kappa shape index (κ1) is 13.9. The minimum Gasteiger partial charge on any atom is -0.338 e. The van der Waals surface area contributed by atoms with Crippen molar-refractivity contribution in [2.75, 3.05) is 6.54 Å². The smallest absolute Gasteiger partial charge is 0.332 e. The molecule has 0 bridgehead atoms. The molecule has 0 N–H and O–H groups in total. The molecule has 0 saturated heterocycles. The Kier molecular flexibility index (Phi) is 7.68. The van der Waals surface area contributed by atoms with E-state index in [-0.39, 0.29) is 11.9 Å². The van der Waals surface area contributed by atoms with Crippen molar-refractivity contribution in [1.82, 2.24) is 5.06 Å². The summed E-state index contributed by atoms with van der Waals surface area (Å²) in [5.74, 6) is -0.531. The average Bonchev–Trinajstić information content (AvgIpc) is 2.20. The lowest BCUT2D eigenvalue weighted by molar-refractivity contribution is -0.197. The minimum atomic E-state index is -0.317. The summed E-state index contributed by atoms with van der Waals surface area (Å²) in [6.07, 6.45) is 3.95. The molecule has 0 aliphatic heterocycles. The molecule has 0 rings (SSSR count). The van der Waals surface area contributed by atoms with Crippen molar-refractivity contribution in [1.29, 1.82) is 0 Å². The van der Waals surface area contributed by atoms with E-state index in [4.69, 9.17) is 4.84 Å². The maximum atomic E-state index is 11.3. The molecule has 0 aromatic rings. The van der Waals surface area contributed by atoms with Crippen LogP contribution in [0.1, 0.15) is 52.9 Å². The lowest BCUT2D eigenvalue weighted by Crippen LogP contribution is -2.32. The Bertz CT molecular complexity index is 204. The van der Waals surface area contributed by atoms with E-state index in [1.807, 2.05) is 13.8 Å². The van der Waals surface area contributed by atoms with E-state index >= 15 is 0 Å². The van der Waals surface area contributed by atoms with E-state index in [1.54, 1.807) is 0 Å². The molecule has 1 amide bonds. The fourth-order valence-electron chi connectivity index (χ4n) is 1.06. The van der Waals surface area contributed by atoms with Crippen LogP contribution in [0, 0.1) is 0 Å². The topological polar surface area (TPSA) is 46.6 Å². The van der Waals surface area contributed by atoms with E-state index in [0.29, 0.717) is 13.0 Å². The van der Waals surface area contributed by atoms with Crippen molar-refractivity contribution in [3.8, 4) is 0 Å². The standard InChI is InChI=1S/C11H21NO3/c1-4-6-8-11(14)15-12(10(3)13)9-7-5-2/h4-9H2,1-3H3. The van der Waals surface area contributed by atoms with Gasteiger partial charge in [-0.15, -0.1) is 0 Å². The van der Waals surface area contributed by atoms with E-state index in [0.717, 1.165) is 30.7 Å². The molecule has 0 spiro atoms. The first-order chi connectivity index (χ1) is 7.11. The Balaban J connectivity index is 3.93. The molecule has 0 fully saturated rings. The SMILES string of the molecule is CCCCC(=O)ON(CCCC)C(C)=O. The van der Waals surface area contributed by atoms with E-state index in [1.165, 1.54) is 6.92 Å². The first-order valence-corrected chi connectivity index (χ1v) is 5.60. The molecule has 4 heteroatoms. The van der Waals surface area contributed by atoms with Gasteiger partial charge in [0.2, 0.25) is 0 Å². The van der Waals surface area contributed by atoms with Crippen LogP contribution in [-0.4, -0.2) is 23.5 Å². The predicted octanol–water partition coefficient (Wildman–Crippen LogP) is 2.28. The van der Waals surface area contributed by atoms with Gasteiger partial charge in [-0.3, -0.25) is 4.79 Å². The predicted molar refractivity (Wildman–Crippen MR) is 57.9 cm³/mol. The van der Waals surface area contributed by atoms with Gasteiger partial charge in [0.05, 0.1) is 6.54 Å². The maximum Gasteiger partial charge on any atom is 0.332 e. The number of hydrogen-bond acceptors (Lipinski definition) is 3. The Morgan fingerprint density at radius 2 is 1.73 bits per heavy atom. The zero-order valence-electron chi connectivity index (χ0n) is 9.91. The van der Waals surface area contributed by atoms with Gasteiger partial charge in [-0.1, -0.05) is 26.7 Å². The van der Waals surface area contributed by atoms with Crippen LogP contribution < -0.4 is 0 Å². The van der Waals surface area contributed by atoms with Gasteiger partial charge >= 0.3 is 5.97 Å². The summed E-state index contributed by atoms with van der Waals surface area (Å²) in [7, 11) is 0. The van der Waals surface area contributed by atoms with Crippen LogP contribution in [0.2, 0.25) is 0 Å². The highest BCUT2D eigenvalue weighted by Gasteiger charge is 2.13. The molecule has 0 aromatic carbocycles. The third-order valence-corrected chi connectivity index (χ3v) is 2.01. The summed E-state index contributed by atoms with van der Waals surface area (Å²) in [5, 5.41) is 1.15. The monoisotopic (exact) mass is 215 g/mol. The van der Waals surface area contributed by atoms with Crippen molar-refractivity contribution in [2.45, 2.75) is 52.9 Å². The molecule has 0 aromatic heterocycles. The normalized spacial score (nSPS) is 9.80. The lowest BCUT2D eigenvalue weighted by Gasteiger charge is -2.19. The highest BCUT2D eigenvalue weighted by Crippen LogP contribution is 2.02. The van der Waals surface area contributed by atoms with Gasteiger partial charge in [0.1, 0.15) is 0 Å². The molecule has 0 radical (unpaired) electrons. The van der Waals surface area contributed by atoms with E-state index < -0.39 is 0 Å². The Morgan fingerprint density at radius 1 is 1.13 bits per heavy atom. The van der Waals surface area contributed by atoms with E-state index in [2.05, 4.69) is 0 Å². The van der Waals surface area contributed by atoms with Crippen molar-refractivity contribution in [3.63, 3.8) is 0 Å². The maximum absolute atomic E-state index is 11.3. The third kappa shape index (κ3) is 6.94. The molecule has 88 valence electrons. The molecular formula is C11H21NO3. The second kappa shape index (κ2) is 8.26. The number of hydrogen-bond donors (Lipinski definition) is 0. The summed E-state index contributed by atoms with van der Waals surface area (Å²) in [6.45, 7) is 5.93. The van der Waals surface area contributed by atoms with E-state index in [9.17, 15) is 9.59 Å². The molecule has 0 atom stereocenters. The van der Waals surface area contributed by atoms with Gasteiger partial charge < -0.3 is 4.84 Å². The largest absolute Gasteiger partial charge is 0.338 e. The fourth-order valence-corrected chi connectivity index (χ4v) is 1.06. The Morgan fingerprint density at radius 3 is 2.20 bits per heavy atom. The molecule has 0 unspecified atom stereocenters. The highest BCUT2D eigenvalue weighted by atomic mass is 16.7. The zero-order chi connectivity index (χ0) is 11.7. The number of unbranched alkanes of at least 4 members (excludes halogenated alkanes) is 2. The lowest BCUT2D eigenvalue weighted by atomic mass is 10.3. The molecule has 0 aliphatic rings. The summed E-state index contributed by atoms with van der Waals surface area (Å²) in [5.41, 5.74) is 0. The molecule has 0 heterocycles. The van der Waals surface area contributed by atoms with Gasteiger partial charge in [0.25, 0.3) is 5.91 Å². The van der Waals surface area contributed by atoms with Gasteiger partial charge in [-0.2, -0.15) is 5.06 Å². The van der Waals surface area contributed by atoms with Crippen molar-refractivity contribution in [2.24, 2.45) is 0 Å². The van der Waals surface area contributed by atoms with Crippen molar-refractivity contribution >= 4 is 11.9 Å². The van der Waals surface area contributed by atoms with Gasteiger partial charge in [-0.25, -0.2) is 4.79 Å². The molecule has 15 heavy (non-hydrogen) atoms. The Labute approximate surface area is 91.5 Å². The zero-order valence-corrected chi connectivity index (χ0v) is 9.91. The van der Waals surface area contributed by atoms with Gasteiger partial charge in [0, 0.05) is 13.3 Å². The molecule has 0 saturated carbocycles. The number of rotatable bonds is 6. The van der Waals surface area contributed by atoms with Crippen LogP contribution in [-0.2, 0) is 14.4 Å². The summed E-state index contributed by atoms with van der Waals surface area (Å²) in [6, 6.07) is 0. The summed E-state index contributed by atoms with van der Waals surface area (Å²) >= 11 is 0. The number of carbonyl (C=O) groups excluding carboxylic acids is 2. The second-order valence-corrected chi connectivity index (χ2v) is 3.54.